The Kier molecular flexibility index (Phi) is 6.32. The Balaban J connectivity index is 0.00000180. The average Bonchev–Trinajstić information content (AvgIpc) is 2.91. The summed E-state index contributed by atoms with van der Waals surface area (Å²) < 4.78 is 0. The summed E-state index contributed by atoms with van der Waals surface area (Å²) in [7, 11) is 0. The topological polar surface area (TPSA) is 41.1 Å². The van der Waals surface area contributed by atoms with Gasteiger partial charge in [-0.3, -0.25) is 4.79 Å². The van der Waals surface area contributed by atoms with Crippen molar-refractivity contribution in [2.75, 3.05) is 13.1 Å². The van der Waals surface area contributed by atoms with Crippen molar-refractivity contribution in [1.29, 1.82) is 0 Å². The highest BCUT2D eigenvalue weighted by Crippen LogP contribution is 2.18. The van der Waals surface area contributed by atoms with Gasteiger partial charge >= 0.3 is 0 Å². The zero-order valence-corrected chi connectivity index (χ0v) is 12.4. The van der Waals surface area contributed by atoms with E-state index in [9.17, 15) is 4.79 Å². The molecule has 0 aromatic heterocycles. The Morgan fingerprint density at radius 2 is 2.11 bits per heavy atom. The molecule has 1 aromatic carbocycles. The number of hydrogen-bond donors (Lipinski definition) is 2. The smallest absolute Gasteiger partial charge is 0.224 e. The van der Waals surface area contributed by atoms with Gasteiger partial charge < -0.3 is 10.6 Å². The van der Waals surface area contributed by atoms with Crippen molar-refractivity contribution in [3.05, 3.63) is 35.4 Å². The first-order chi connectivity index (χ1) is 8.70. The van der Waals surface area contributed by atoms with Gasteiger partial charge in [0.2, 0.25) is 5.91 Å². The number of benzene rings is 1. The second-order valence-electron chi connectivity index (χ2n) is 5.07. The predicted molar refractivity (Wildman–Crippen MR) is 80.6 cm³/mol. The van der Waals surface area contributed by atoms with E-state index < -0.39 is 0 Å². The maximum atomic E-state index is 12.1. The molecule has 1 aromatic rings. The molecular formula is C15H23ClN2O. The first-order valence-electron chi connectivity index (χ1n) is 6.78. The van der Waals surface area contributed by atoms with Gasteiger partial charge in [-0.2, -0.15) is 0 Å². The summed E-state index contributed by atoms with van der Waals surface area (Å²) in [5, 5.41) is 6.40. The second kappa shape index (κ2) is 7.51. The lowest BCUT2D eigenvalue weighted by Crippen LogP contribution is -2.34. The number of rotatable bonds is 4. The standard InChI is InChI=1S/C15H22N2O.ClH/c1-3-14(12-6-4-11(2)5-7-12)17-15(18)13-8-9-16-10-13;/h4-7,13-14,16H,3,8-10H2,1-2H3,(H,17,18);1H. The third kappa shape index (κ3) is 4.22. The Labute approximate surface area is 121 Å². The fourth-order valence-corrected chi connectivity index (χ4v) is 2.39. The van der Waals surface area contributed by atoms with Crippen molar-refractivity contribution in [3.8, 4) is 0 Å². The van der Waals surface area contributed by atoms with Crippen LogP contribution in [0.5, 0.6) is 0 Å². The first-order valence-corrected chi connectivity index (χ1v) is 6.78. The lowest BCUT2D eigenvalue weighted by atomic mass is 10.0. The van der Waals surface area contributed by atoms with Crippen LogP contribution in [-0.4, -0.2) is 19.0 Å². The number of halogens is 1. The molecule has 2 atom stereocenters. The molecule has 106 valence electrons. The summed E-state index contributed by atoms with van der Waals surface area (Å²) in [6, 6.07) is 8.55. The van der Waals surface area contributed by atoms with Gasteiger partial charge in [0.15, 0.2) is 0 Å². The summed E-state index contributed by atoms with van der Waals surface area (Å²) in [6.07, 6.45) is 1.88. The fraction of sp³-hybridized carbons (Fsp3) is 0.533. The summed E-state index contributed by atoms with van der Waals surface area (Å²) in [5.41, 5.74) is 2.45. The van der Waals surface area contributed by atoms with E-state index in [1.165, 1.54) is 11.1 Å². The van der Waals surface area contributed by atoms with Crippen molar-refractivity contribution in [2.45, 2.75) is 32.7 Å². The van der Waals surface area contributed by atoms with Crippen molar-refractivity contribution < 1.29 is 4.79 Å². The van der Waals surface area contributed by atoms with Crippen molar-refractivity contribution in [3.63, 3.8) is 0 Å². The lowest BCUT2D eigenvalue weighted by Gasteiger charge is -2.20. The maximum absolute atomic E-state index is 12.1. The van der Waals surface area contributed by atoms with Crippen LogP contribution in [0.3, 0.4) is 0 Å². The van der Waals surface area contributed by atoms with Crippen LogP contribution >= 0.6 is 12.4 Å². The summed E-state index contributed by atoms with van der Waals surface area (Å²) in [5.74, 6) is 0.330. The minimum Gasteiger partial charge on any atom is -0.349 e. The molecule has 1 saturated heterocycles. The van der Waals surface area contributed by atoms with Crippen LogP contribution in [0.25, 0.3) is 0 Å². The van der Waals surface area contributed by atoms with Gasteiger partial charge in [0.25, 0.3) is 0 Å². The molecular weight excluding hydrogens is 260 g/mol. The number of carbonyl (C=O) groups is 1. The Morgan fingerprint density at radius 3 is 2.63 bits per heavy atom. The number of aryl methyl sites for hydroxylation is 1. The molecule has 2 unspecified atom stereocenters. The molecule has 0 bridgehead atoms. The molecule has 0 saturated carbocycles. The van der Waals surface area contributed by atoms with E-state index in [1.807, 2.05) is 0 Å². The highest BCUT2D eigenvalue weighted by atomic mass is 35.5. The van der Waals surface area contributed by atoms with Crippen LogP contribution in [-0.2, 0) is 4.79 Å². The average molecular weight is 283 g/mol. The van der Waals surface area contributed by atoms with E-state index >= 15 is 0 Å². The molecule has 19 heavy (non-hydrogen) atoms. The van der Waals surface area contributed by atoms with Crippen LogP contribution < -0.4 is 10.6 Å². The van der Waals surface area contributed by atoms with E-state index in [4.69, 9.17) is 0 Å². The predicted octanol–water partition coefficient (Wildman–Crippen LogP) is 2.59. The monoisotopic (exact) mass is 282 g/mol. The molecule has 2 rings (SSSR count). The van der Waals surface area contributed by atoms with Crippen LogP contribution in [0.15, 0.2) is 24.3 Å². The van der Waals surface area contributed by atoms with Crippen molar-refractivity contribution in [2.24, 2.45) is 5.92 Å². The Hall–Kier alpha value is -1.06. The van der Waals surface area contributed by atoms with E-state index in [-0.39, 0.29) is 30.3 Å². The SMILES string of the molecule is CCC(NC(=O)C1CCNC1)c1ccc(C)cc1.Cl. The van der Waals surface area contributed by atoms with Gasteiger partial charge in [-0.1, -0.05) is 36.8 Å². The molecule has 1 aliphatic rings. The van der Waals surface area contributed by atoms with Crippen LogP contribution in [0, 0.1) is 12.8 Å². The summed E-state index contributed by atoms with van der Waals surface area (Å²) >= 11 is 0. The molecule has 1 heterocycles. The van der Waals surface area contributed by atoms with Gasteiger partial charge in [0.1, 0.15) is 0 Å². The minimum atomic E-state index is 0. The van der Waals surface area contributed by atoms with E-state index in [0.29, 0.717) is 0 Å². The number of amides is 1. The molecule has 0 radical (unpaired) electrons. The van der Waals surface area contributed by atoms with Crippen molar-refractivity contribution in [1.82, 2.24) is 10.6 Å². The van der Waals surface area contributed by atoms with Gasteiger partial charge in [-0.25, -0.2) is 0 Å². The largest absolute Gasteiger partial charge is 0.349 e. The molecule has 0 aliphatic carbocycles. The summed E-state index contributed by atoms with van der Waals surface area (Å²) in [4.78, 5) is 12.1. The van der Waals surface area contributed by atoms with Crippen molar-refractivity contribution >= 4 is 18.3 Å². The highest BCUT2D eigenvalue weighted by molar-refractivity contribution is 5.85. The number of hydrogen-bond acceptors (Lipinski definition) is 2. The lowest BCUT2D eigenvalue weighted by molar-refractivity contribution is -0.125. The molecule has 1 fully saturated rings. The second-order valence-corrected chi connectivity index (χ2v) is 5.07. The first kappa shape index (κ1) is 16.0. The van der Waals surface area contributed by atoms with Gasteiger partial charge in [-0.15, -0.1) is 12.4 Å². The number of nitrogens with one attached hydrogen (secondary N) is 2. The summed E-state index contributed by atoms with van der Waals surface area (Å²) in [6.45, 7) is 5.96. The molecule has 4 heteroatoms. The zero-order chi connectivity index (χ0) is 13.0. The third-order valence-electron chi connectivity index (χ3n) is 3.64. The normalized spacial score (nSPS) is 19.6. The van der Waals surface area contributed by atoms with E-state index in [1.54, 1.807) is 0 Å². The zero-order valence-electron chi connectivity index (χ0n) is 11.6. The Bertz CT molecular complexity index is 399. The minimum absolute atomic E-state index is 0. The fourth-order valence-electron chi connectivity index (χ4n) is 2.39. The van der Waals surface area contributed by atoms with E-state index in [0.717, 1.165) is 25.9 Å². The quantitative estimate of drug-likeness (QED) is 0.891. The number of carbonyl (C=O) groups excluding carboxylic acids is 1. The van der Waals surface area contributed by atoms with Gasteiger partial charge in [0.05, 0.1) is 12.0 Å². The van der Waals surface area contributed by atoms with Gasteiger partial charge in [-0.05, 0) is 31.9 Å². The molecule has 2 N–H and O–H groups in total. The third-order valence-corrected chi connectivity index (χ3v) is 3.64. The molecule has 3 nitrogen and oxygen atoms in total. The highest BCUT2D eigenvalue weighted by Gasteiger charge is 2.24. The van der Waals surface area contributed by atoms with Crippen LogP contribution in [0.2, 0.25) is 0 Å². The molecule has 1 aliphatic heterocycles. The van der Waals surface area contributed by atoms with Crippen LogP contribution in [0.4, 0.5) is 0 Å². The molecule has 0 spiro atoms. The molecule has 1 amide bonds. The maximum Gasteiger partial charge on any atom is 0.224 e. The van der Waals surface area contributed by atoms with Crippen LogP contribution in [0.1, 0.15) is 36.9 Å². The van der Waals surface area contributed by atoms with E-state index in [2.05, 4.69) is 48.7 Å². The van der Waals surface area contributed by atoms with Gasteiger partial charge in [0, 0.05) is 6.54 Å². The Morgan fingerprint density at radius 1 is 1.42 bits per heavy atom.